The molecule has 0 radical (unpaired) electrons. The van der Waals surface area contributed by atoms with Crippen LogP contribution in [0.3, 0.4) is 0 Å². The standard InChI is InChI=1S/C13H14IN3O2S/c1-7(2)5-11-16-17-13(20-11)15-12(19)8-3-4-9(14)10(18)6-8/h3-4,6-7,18H,5H2,1-2H3,(H,15,17,19). The van der Waals surface area contributed by atoms with E-state index in [0.29, 0.717) is 20.2 Å². The summed E-state index contributed by atoms with van der Waals surface area (Å²) < 4.78 is 0.703. The molecule has 0 saturated heterocycles. The molecule has 2 N–H and O–H groups in total. The van der Waals surface area contributed by atoms with Crippen LogP contribution in [0.4, 0.5) is 5.13 Å². The molecule has 1 heterocycles. The van der Waals surface area contributed by atoms with Crippen LogP contribution in [0, 0.1) is 9.49 Å². The Morgan fingerprint density at radius 3 is 2.85 bits per heavy atom. The lowest BCUT2D eigenvalue weighted by Gasteiger charge is -2.03. The van der Waals surface area contributed by atoms with Crippen molar-refractivity contribution in [1.29, 1.82) is 0 Å². The van der Waals surface area contributed by atoms with Crippen molar-refractivity contribution in [2.45, 2.75) is 20.3 Å². The molecule has 20 heavy (non-hydrogen) atoms. The number of rotatable bonds is 4. The van der Waals surface area contributed by atoms with Gasteiger partial charge in [0.1, 0.15) is 10.8 Å². The second-order valence-electron chi connectivity index (χ2n) is 4.72. The van der Waals surface area contributed by atoms with E-state index in [2.05, 4.69) is 29.4 Å². The number of phenols is 1. The van der Waals surface area contributed by atoms with Gasteiger partial charge >= 0.3 is 0 Å². The normalized spacial score (nSPS) is 10.8. The summed E-state index contributed by atoms with van der Waals surface area (Å²) in [7, 11) is 0. The van der Waals surface area contributed by atoms with Crippen LogP contribution in [0.25, 0.3) is 0 Å². The van der Waals surface area contributed by atoms with Gasteiger partial charge < -0.3 is 5.11 Å². The first-order valence-corrected chi connectivity index (χ1v) is 7.97. The Kier molecular flexibility index (Phi) is 4.92. The summed E-state index contributed by atoms with van der Waals surface area (Å²) in [6.07, 6.45) is 0.845. The van der Waals surface area contributed by atoms with E-state index >= 15 is 0 Å². The number of aromatic nitrogens is 2. The lowest BCUT2D eigenvalue weighted by atomic mass is 10.1. The lowest BCUT2D eigenvalue weighted by molar-refractivity contribution is 0.102. The zero-order valence-electron chi connectivity index (χ0n) is 11.1. The predicted molar refractivity (Wildman–Crippen MR) is 87.2 cm³/mol. The summed E-state index contributed by atoms with van der Waals surface area (Å²) in [5.74, 6) is 0.291. The molecule has 106 valence electrons. The van der Waals surface area contributed by atoms with Gasteiger partial charge in [0, 0.05) is 12.0 Å². The molecule has 1 amide bonds. The number of benzene rings is 1. The zero-order valence-corrected chi connectivity index (χ0v) is 14.0. The summed E-state index contributed by atoms with van der Waals surface area (Å²) in [4.78, 5) is 12.0. The fourth-order valence-corrected chi connectivity index (χ4v) is 2.84. The zero-order chi connectivity index (χ0) is 14.7. The van der Waals surface area contributed by atoms with Crippen molar-refractivity contribution in [1.82, 2.24) is 10.2 Å². The number of nitrogens with one attached hydrogen (secondary N) is 1. The fourth-order valence-electron chi connectivity index (χ4n) is 1.56. The van der Waals surface area contributed by atoms with Crippen LogP contribution < -0.4 is 5.32 Å². The van der Waals surface area contributed by atoms with Gasteiger partial charge in [0.2, 0.25) is 5.13 Å². The van der Waals surface area contributed by atoms with Crippen molar-refractivity contribution in [3.63, 3.8) is 0 Å². The average Bonchev–Trinajstić information content (AvgIpc) is 2.79. The van der Waals surface area contributed by atoms with E-state index in [1.807, 2.05) is 22.6 Å². The number of amides is 1. The molecule has 0 aliphatic rings. The van der Waals surface area contributed by atoms with E-state index in [1.165, 1.54) is 17.4 Å². The van der Waals surface area contributed by atoms with Crippen molar-refractivity contribution in [3.05, 3.63) is 32.3 Å². The summed E-state index contributed by atoms with van der Waals surface area (Å²) in [5, 5.41) is 21.7. The predicted octanol–water partition coefficient (Wildman–Crippen LogP) is 3.30. The molecule has 0 aliphatic heterocycles. The quantitative estimate of drug-likeness (QED) is 0.769. The molecule has 1 aromatic carbocycles. The topological polar surface area (TPSA) is 75.1 Å². The van der Waals surface area contributed by atoms with Crippen LogP contribution in [0.1, 0.15) is 29.2 Å². The van der Waals surface area contributed by atoms with Gasteiger partial charge in [0.15, 0.2) is 0 Å². The number of carbonyl (C=O) groups is 1. The molecule has 2 aromatic rings. The Bertz CT molecular complexity index is 628. The molecular weight excluding hydrogens is 389 g/mol. The molecule has 1 aromatic heterocycles. The number of halogens is 1. The average molecular weight is 403 g/mol. The number of nitrogens with zero attached hydrogens (tertiary/aromatic N) is 2. The molecule has 0 spiro atoms. The van der Waals surface area contributed by atoms with Crippen molar-refractivity contribution < 1.29 is 9.90 Å². The maximum atomic E-state index is 12.0. The number of phenolic OH excluding ortho intramolecular Hbond substituents is 1. The van der Waals surface area contributed by atoms with Crippen LogP contribution >= 0.6 is 33.9 Å². The van der Waals surface area contributed by atoms with Gasteiger partial charge in [-0.05, 0) is 46.7 Å². The molecule has 7 heteroatoms. The number of aromatic hydroxyl groups is 1. The molecule has 0 fully saturated rings. The Balaban J connectivity index is 2.07. The minimum absolute atomic E-state index is 0.0935. The van der Waals surface area contributed by atoms with E-state index in [1.54, 1.807) is 12.1 Å². The molecule has 0 saturated carbocycles. The largest absolute Gasteiger partial charge is 0.507 e. The summed E-state index contributed by atoms with van der Waals surface area (Å²) >= 11 is 3.37. The fraction of sp³-hybridized carbons (Fsp3) is 0.308. The highest BCUT2D eigenvalue weighted by Crippen LogP contribution is 2.22. The molecular formula is C13H14IN3O2S. The first-order valence-electron chi connectivity index (χ1n) is 6.08. The van der Waals surface area contributed by atoms with E-state index < -0.39 is 0 Å². The molecule has 0 unspecified atom stereocenters. The minimum atomic E-state index is -0.302. The maximum Gasteiger partial charge on any atom is 0.257 e. The van der Waals surface area contributed by atoms with Crippen molar-refractivity contribution in [2.24, 2.45) is 5.92 Å². The van der Waals surface area contributed by atoms with E-state index in [9.17, 15) is 9.90 Å². The minimum Gasteiger partial charge on any atom is -0.507 e. The van der Waals surface area contributed by atoms with E-state index in [0.717, 1.165) is 11.4 Å². The number of anilines is 1. The van der Waals surface area contributed by atoms with Crippen molar-refractivity contribution in [2.75, 3.05) is 5.32 Å². The third-order valence-electron chi connectivity index (χ3n) is 2.48. The Morgan fingerprint density at radius 2 is 2.20 bits per heavy atom. The van der Waals surface area contributed by atoms with Gasteiger partial charge in [-0.1, -0.05) is 25.2 Å². The van der Waals surface area contributed by atoms with Crippen LogP contribution in [-0.4, -0.2) is 21.2 Å². The third-order valence-corrected chi connectivity index (χ3v) is 4.25. The van der Waals surface area contributed by atoms with Crippen LogP contribution in [0.5, 0.6) is 5.75 Å². The smallest absolute Gasteiger partial charge is 0.257 e. The summed E-state index contributed by atoms with van der Waals surface area (Å²) in [6.45, 7) is 4.21. The van der Waals surface area contributed by atoms with Crippen LogP contribution in [0.15, 0.2) is 18.2 Å². The van der Waals surface area contributed by atoms with Crippen LogP contribution in [-0.2, 0) is 6.42 Å². The Morgan fingerprint density at radius 1 is 1.45 bits per heavy atom. The monoisotopic (exact) mass is 403 g/mol. The number of hydrogen-bond donors (Lipinski definition) is 2. The third kappa shape index (κ3) is 3.89. The van der Waals surface area contributed by atoms with E-state index in [-0.39, 0.29) is 11.7 Å². The van der Waals surface area contributed by atoms with Gasteiger partial charge in [-0.15, -0.1) is 10.2 Å². The van der Waals surface area contributed by atoms with Gasteiger partial charge in [-0.25, -0.2) is 0 Å². The first-order chi connectivity index (χ1) is 9.45. The van der Waals surface area contributed by atoms with Crippen LogP contribution in [0.2, 0.25) is 0 Å². The van der Waals surface area contributed by atoms with Crippen molar-refractivity contribution >= 4 is 45.0 Å². The molecule has 0 atom stereocenters. The number of carbonyl (C=O) groups excluding carboxylic acids is 1. The van der Waals surface area contributed by atoms with Gasteiger partial charge in [-0.3, -0.25) is 10.1 Å². The Hall–Kier alpha value is -1.22. The number of hydrogen-bond acceptors (Lipinski definition) is 5. The first kappa shape index (κ1) is 15.2. The summed E-state index contributed by atoms with van der Waals surface area (Å²) in [5.41, 5.74) is 0.392. The molecule has 0 bridgehead atoms. The van der Waals surface area contributed by atoms with E-state index in [4.69, 9.17) is 0 Å². The molecule has 5 nitrogen and oxygen atoms in total. The highest BCUT2D eigenvalue weighted by molar-refractivity contribution is 14.1. The Labute approximate surface area is 134 Å². The second-order valence-corrected chi connectivity index (χ2v) is 6.94. The van der Waals surface area contributed by atoms with Gasteiger partial charge in [0.05, 0.1) is 3.57 Å². The highest BCUT2D eigenvalue weighted by Gasteiger charge is 2.12. The van der Waals surface area contributed by atoms with Gasteiger partial charge in [-0.2, -0.15) is 0 Å². The maximum absolute atomic E-state index is 12.0. The second kappa shape index (κ2) is 6.49. The molecule has 0 aliphatic carbocycles. The lowest BCUT2D eigenvalue weighted by Crippen LogP contribution is -2.11. The van der Waals surface area contributed by atoms with Gasteiger partial charge in [0.25, 0.3) is 5.91 Å². The SMILES string of the molecule is CC(C)Cc1nnc(NC(=O)c2ccc(I)c(O)c2)s1. The molecule has 2 rings (SSSR count). The highest BCUT2D eigenvalue weighted by atomic mass is 127. The summed E-state index contributed by atoms with van der Waals surface area (Å²) in [6, 6.07) is 4.79. The van der Waals surface area contributed by atoms with Crippen molar-refractivity contribution in [3.8, 4) is 5.75 Å².